The van der Waals surface area contributed by atoms with Crippen molar-refractivity contribution >= 4 is 17.6 Å². The molecule has 0 spiro atoms. The molecule has 3 nitrogen and oxygen atoms in total. The molecule has 2 rings (SSSR count). The average Bonchev–Trinajstić information content (AvgIpc) is 2.38. The maximum atomic E-state index is 11.1. The van der Waals surface area contributed by atoms with E-state index in [0.29, 0.717) is 0 Å². The van der Waals surface area contributed by atoms with Gasteiger partial charge in [-0.1, -0.05) is 56.6 Å². The summed E-state index contributed by atoms with van der Waals surface area (Å²) >= 11 is 5.77. The third kappa shape index (κ3) is 2.99. The third-order valence-corrected chi connectivity index (χ3v) is 3.45. The first-order valence-corrected chi connectivity index (χ1v) is 6.66. The van der Waals surface area contributed by atoms with Crippen molar-refractivity contribution in [1.29, 1.82) is 0 Å². The lowest BCUT2D eigenvalue weighted by atomic mass is 9.86. The molecule has 0 saturated heterocycles. The second-order valence-electron chi connectivity index (χ2n) is 5.69. The van der Waals surface area contributed by atoms with E-state index in [1.54, 1.807) is 12.3 Å². The molecule has 0 unspecified atom stereocenters. The van der Waals surface area contributed by atoms with Gasteiger partial charge in [-0.2, -0.15) is 0 Å². The molecular weight excluding hydrogens is 274 g/mol. The van der Waals surface area contributed by atoms with Gasteiger partial charge in [0.1, 0.15) is 5.15 Å². The molecule has 2 aromatic rings. The van der Waals surface area contributed by atoms with Crippen molar-refractivity contribution in [3.63, 3.8) is 0 Å². The lowest BCUT2D eigenvalue weighted by Gasteiger charge is -2.19. The zero-order valence-corrected chi connectivity index (χ0v) is 12.4. The number of halogens is 1. The van der Waals surface area contributed by atoms with Crippen LogP contribution in [0.3, 0.4) is 0 Å². The predicted octanol–water partition coefficient (Wildman–Crippen LogP) is 4.40. The van der Waals surface area contributed by atoms with Crippen molar-refractivity contribution in [1.82, 2.24) is 4.98 Å². The maximum Gasteiger partial charge on any atom is 0.338 e. The van der Waals surface area contributed by atoms with Crippen molar-refractivity contribution in [3.8, 4) is 11.1 Å². The van der Waals surface area contributed by atoms with Gasteiger partial charge in [0.15, 0.2) is 0 Å². The van der Waals surface area contributed by atoms with Crippen LogP contribution in [-0.4, -0.2) is 16.1 Å². The fraction of sp³-hybridized carbons (Fsp3) is 0.250. The molecule has 0 saturated carbocycles. The fourth-order valence-electron chi connectivity index (χ4n) is 1.92. The van der Waals surface area contributed by atoms with Crippen LogP contribution in [-0.2, 0) is 5.41 Å². The Hall–Kier alpha value is -1.87. The average molecular weight is 290 g/mol. The molecular formula is C16H16ClNO2. The molecule has 0 radical (unpaired) electrons. The molecule has 0 bridgehead atoms. The van der Waals surface area contributed by atoms with E-state index in [1.165, 1.54) is 5.56 Å². The van der Waals surface area contributed by atoms with Gasteiger partial charge in [0.05, 0.1) is 5.56 Å². The number of pyridine rings is 1. The van der Waals surface area contributed by atoms with E-state index < -0.39 is 5.97 Å². The molecule has 1 heterocycles. The summed E-state index contributed by atoms with van der Waals surface area (Å²) in [7, 11) is 0. The Balaban J connectivity index is 2.42. The van der Waals surface area contributed by atoms with Crippen molar-refractivity contribution in [2.75, 3.05) is 0 Å². The standard InChI is InChI=1S/C16H16ClNO2/c1-16(2,3)12-6-4-10(5-7-12)11-8-13(15(19)20)14(17)18-9-11/h4-9H,1-3H3,(H,19,20). The fourth-order valence-corrected chi connectivity index (χ4v) is 2.10. The lowest BCUT2D eigenvalue weighted by Crippen LogP contribution is -2.10. The molecule has 20 heavy (non-hydrogen) atoms. The number of rotatable bonds is 2. The normalized spacial score (nSPS) is 11.4. The van der Waals surface area contributed by atoms with Gasteiger partial charge in [0, 0.05) is 11.8 Å². The van der Waals surface area contributed by atoms with E-state index >= 15 is 0 Å². The highest BCUT2D eigenvalue weighted by Gasteiger charge is 2.14. The van der Waals surface area contributed by atoms with Crippen LogP contribution in [0.15, 0.2) is 36.5 Å². The van der Waals surface area contributed by atoms with E-state index in [1.807, 2.05) is 24.3 Å². The Kier molecular flexibility index (Phi) is 3.82. The van der Waals surface area contributed by atoms with Crippen LogP contribution in [0.2, 0.25) is 5.15 Å². The van der Waals surface area contributed by atoms with Crippen LogP contribution in [0, 0.1) is 0 Å². The first-order chi connectivity index (χ1) is 9.29. The summed E-state index contributed by atoms with van der Waals surface area (Å²) in [6.07, 6.45) is 1.58. The van der Waals surface area contributed by atoms with Gasteiger partial charge < -0.3 is 5.11 Å². The first kappa shape index (κ1) is 14.5. The number of carboxylic acid groups (broad SMARTS) is 1. The molecule has 0 aliphatic heterocycles. The number of hydrogen-bond acceptors (Lipinski definition) is 2. The van der Waals surface area contributed by atoms with Crippen LogP contribution < -0.4 is 0 Å². The second kappa shape index (κ2) is 5.25. The first-order valence-electron chi connectivity index (χ1n) is 6.29. The Morgan fingerprint density at radius 1 is 1.15 bits per heavy atom. The van der Waals surface area contributed by atoms with E-state index in [0.717, 1.165) is 11.1 Å². The monoisotopic (exact) mass is 289 g/mol. The van der Waals surface area contributed by atoms with Gasteiger partial charge in [-0.05, 0) is 22.6 Å². The maximum absolute atomic E-state index is 11.1. The number of aromatic nitrogens is 1. The third-order valence-electron chi connectivity index (χ3n) is 3.15. The van der Waals surface area contributed by atoms with Crippen molar-refractivity contribution in [2.24, 2.45) is 0 Å². The van der Waals surface area contributed by atoms with Crippen LogP contribution in [0.5, 0.6) is 0 Å². The summed E-state index contributed by atoms with van der Waals surface area (Å²) in [5.74, 6) is -1.07. The van der Waals surface area contributed by atoms with Crippen LogP contribution in [0.25, 0.3) is 11.1 Å². The number of aromatic carboxylic acids is 1. The summed E-state index contributed by atoms with van der Waals surface area (Å²) in [4.78, 5) is 15.0. The second-order valence-corrected chi connectivity index (χ2v) is 6.05. The molecule has 0 amide bonds. The zero-order chi connectivity index (χ0) is 14.9. The van der Waals surface area contributed by atoms with E-state index in [9.17, 15) is 4.79 Å². The van der Waals surface area contributed by atoms with E-state index in [2.05, 4.69) is 25.8 Å². The minimum Gasteiger partial charge on any atom is -0.478 e. The Bertz CT molecular complexity index is 643. The largest absolute Gasteiger partial charge is 0.478 e. The Morgan fingerprint density at radius 3 is 2.25 bits per heavy atom. The van der Waals surface area contributed by atoms with Crippen LogP contribution in [0.4, 0.5) is 0 Å². The van der Waals surface area contributed by atoms with Gasteiger partial charge in [-0.3, -0.25) is 0 Å². The highest BCUT2D eigenvalue weighted by atomic mass is 35.5. The van der Waals surface area contributed by atoms with Crippen molar-refractivity contribution < 1.29 is 9.90 Å². The molecule has 0 aliphatic rings. The van der Waals surface area contributed by atoms with Crippen LogP contribution >= 0.6 is 11.6 Å². The number of nitrogens with zero attached hydrogens (tertiary/aromatic N) is 1. The number of carbonyl (C=O) groups is 1. The van der Waals surface area contributed by atoms with Crippen molar-refractivity contribution in [3.05, 3.63) is 52.8 Å². The lowest BCUT2D eigenvalue weighted by molar-refractivity contribution is 0.0696. The highest BCUT2D eigenvalue weighted by molar-refractivity contribution is 6.32. The summed E-state index contributed by atoms with van der Waals surface area (Å²) < 4.78 is 0. The van der Waals surface area contributed by atoms with Crippen molar-refractivity contribution in [2.45, 2.75) is 26.2 Å². The number of hydrogen-bond donors (Lipinski definition) is 1. The highest BCUT2D eigenvalue weighted by Crippen LogP contribution is 2.27. The summed E-state index contributed by atoms with van der Waals surface area (Å²) in [6.45, 7) is 6.44. The number of carboxylic acids is 1. The Morgan fingerprint density at radius 2 is 1.75 bits per heavy atom. The van der Waals surface area contributed by atoms with Gasteiger partial charge in [0.2, 0.25) is 0 Å². The Labute approximate surface area is 123 Å². The van der Waals surface area contributed by atoms with Crippen LogP contribution in [0.1, 0.15) is 36.7 Å². The predicted molar refractivity (Wildman–Crippen MR) is 80.3 cm³/mol. The molecule has 0 fully saturated rings. The quantitative estimate of drug-likeness (QED) is 0.834. The minimum absolute atomic E-state index is 0.00700. The van der Waals surface area contributed by atoms with Gasteiger partial charge in [-0.15, -0.1) is 0 Å². The molecule has 1 N–H and O–H groups in total. The molecule has 4 heteroatoms. The van der Waals surface area contributed by atoms with Gasteiger partial charge in [-0.25, -0.2) is 9.78 Å². The molecule has 1 aromatic heterocycles. The topological polar surface area (TPSA) is 50.2 Å². The number of benzene rings is 1. The zero-order valence-electron chi connectivity index (χ0n) is 11.6. The summed E-state index contributed by atoms with van der Waals surface area (Å²) in [5, 5.41) is 9.07. The van der Waals surface area contributed by atoms with E-state index in [4.69, 9.17) is 16.7 Å². The molecule has 1 aromatic carbocycles. The minimum atomic E-state index is -1.07. The SMILES string of the molecule is CC(C)(C)c1ccc(-c2cnc(Cl)c(C(=O)O)c2)cc1. The molecule has 0 atom stereocenters. The van der Waals surface area contributed by atoms with Gasteiger partial charge >= 0.3 is 5.97 Å². The smallest absolute Gasteiger partial charge is 0.338 e. The van der Waals surface area contributed by atoms with E-state index in [-0.39, 0.29) is 16.1 Å². The summed E-state index contributed by atoms with van der Waals surface area (Å²) in [5.41, 5.74) is 2.99. The summed E-state index contributed by atoms with van der Waals surface area (Å²) in [6, 6.07) is 9.58. The van der Waals surface area contributed by atoms with Gasteiger partial charge in [0.25, 0.3) is 0 Å². The molecule has 104 valence electrons. The molecule has 0 aliphatic carbocycles.